The third kappa shape index (κ3) is 3.62. The van der Waals surface area contributed by atoms with Crippen LogP contribution in [0.2, 0.25) is 0 Å². The highest BCUT2D eigenvalue weighted by Crippen LogP contribution is 2.26. The summed E-state index contributed by atoms with van der Waals surface area (Å²) in [5.74, 6) is 2.85. The van der Waals surface area contributed by atoms with Crippen molar-refractivity contribution < 1.29 is 8.83 Å². The van der Waals surface area contributed by atoms with Crippen LogP contribution in [0.5, 0.6) is 0 Å². The van der Waals surface area contributed by atoms with Gasteiger partial charge in [0.15, 0.2) is 0 Å². The monoisotopic (exact) mass is 366 g/mol. The van der Waals surface area contributed by atoms with Crippen molar-refractivity contribution in [3.63, 3.8) is 0 Å². The van der Waals surface area contributed by atoms with Gasteiger partial charge < -0.3 is 13.7 Å². The summed E-state index contributed by atoms with van der Waals surface area (Å²) in [5, 5.41) is 8.42. The van der Waals surface area contributed by atoms with Gasteiger partial charge in [-0.25, -0.2) is 0 Å². The van der Waals surface area contributed by atoms with Gasteiger partial charge in [0.2, 0.25) is 5.89 Å². The number of rotatable bonds is 4. The number of benzene rings is 1. The van der Waals surface area contributed by atoms with Gasteiger partial charge in [-0.1, -0.05) is 12.1 Å². The molecule has 3 heterocycles. The summed E-state index contributed by atoms with van der Waals surface area (Å²) in [6.45, 7) is 12.9. The molecule has 0 amide bonds. The first-order valence-electron chi connectivity index (χ1n) is 9.44. The van der Waals surface area contributed by atoms with Crippen LogP contribution in [0.1, 0.15) is 28.5 Å². The van der Waals surface area contributed by atoms with Crippen molar-refractivity contribution in [1.82, 2.24) is 15.1 Å². The Bertz CT molecular complexity index is 936. The van der Waals surface area contributed by atoms with E-state index >= 15 is 0 Å². The standard InChI is InChI=1S/C21H26N4O2/c1-14-6-5-7-19(16(14)3)25-10-8-24(9-11-25)13-20-22-23-21(27-20)18-12-15(2)26-17(18)4/h5-7,12H,8-11,13H2,1-4H3. The van der Waals surface area contributed by atoms with Crippen LogP contribution < -0.4 is 4.90 Å². The highest BCUT2D eigenvalue weighted by molar-refractivity contribution is 5.56. The second-order valence-electron chi connectivity index (χ2n) is 7.31. The first kappa shape index (κ1) is 17.8. The summed E-state index contributed by atoms with van der Waals surface area (Å²) in [4.78, 5) is 4.84. The van der Waals surface area contributed by atoms with Crippen molar-refractivity contribution in [2.45, 2.75) is 34.2 Å². The van der Waals surface area contributed by atoms with Crippen molar-refractivity contribution in [2.24, 2.45) is 0 Å². The largest absolute Gasteiger partial charge is 0.466 e. The fourth-order valence-corrected chi connectivity index (χ4v) is 3.69. The number of anilines is 1. The zero-order valence-corrected chi connectivity index (χ0v) is 16.5. The van der Waals surface area contributed by atoms with E-state index in [1.165, 1.54) is 16.8 Å². The predicted octanol–water partition coefficient (Wildman–Crippen LogP) is 3.89. The molecule has 3 aromatic rings. The van der Waals surface area contributed by atoms with E-state index in [-0.39, 0.29) is 0 Å². The predicted molar refractivity (Wildman–Crippen MR) is 105 cm³/mol. The Kier molecular flexibility index (Phi) is 4.74. The molecular weight excluding hydrogens is 340 g/mol. The van der Waals surface area contributed by atoms with E-state index in [1.807, 2.05) is 19.9 Å². The molecule has 6 heteroatoms. The Morgan fingerprint density at radius 3 is 2.44 bits per heavy atom. The second-order valence-corrected chi connectivity index (χ2v) is 7.31. The number of hydrogen-bond acceptors (Lipinski definition) is 6. The Hall–Kier alpha value is -2.60. The van der Waals surface area contributed by atoms with Crippen LogP contribution >= 0.6 is 0 Å². The van der Waals surface area contributed by atoms with Gasteiger partial charge in [-0.3, -0.25) is 4.90 Å². The van der Waals surface area contributed by atoms with Crippen molar-refractivity contribution in [3.8, 4) is 11.5 Å². The van der Waals surface area contributed by atoms with Crippen LogP contribution in [-0.4, -0.2) is 41.3 Å². The lowest BCUT2D eigenvalue weighted by Crippen LogP contribution is -2.46. The summed E-state index contributed by atoms with van der Waals surface area (Å²) in [6, 6.07) is 8.47. The van der Waals surface area contributed by atoms with Crippen LogP contribution in [0.25, 0.3) is 11.5 Å². The van der Waals surface area contributed by atoms with Crippen molar-refractivity contribution in [2.75, 3.05) is 31.1 Å². The highest BCUT2D eigenvalue weighted by atomic mass is 16.4. The third-order valence-electron chi connectivity index (χ3n) is 5.39. The van der Waals surface area contributed by atoms with Crippen molar-refractivity contribution in [1.29, 1.82) is 0 Å². The lowest BCUT2D eigenvalue weighted by molar-refractivity contribution is 0.227. The Balaban J connectivity index is 1.38. The number of aryl methyl sites for hydroxylation is 3. The van der Waals surface area contributed by atoms with Crippen LogP contribution in [0.3, 0.4) is 0 Å². The number of piperazine rings is 1. The number of hydrogen-bond donors (Lipinski definition) is 0. The van der Waals surface area contributed by atoms with Gasteiger partial charge in [0.25, 0.3) is 5.89 Å². The summed E-state index contributed by atoms with van der Waals surface area (Å²) < 4.78 is 11.4. The second kappa shape index (κ2) is 7.19. The van der Waals surface area contributed by atoms with Gasteiger partial charge in [-0.15, -0.1) is 10.2 Å². The molecule has 0 atom stereocenters. The van der Waals surface area contributed by atoms with E-state index in [9.17, 15) is 0 Å². The van der Waals surface area contributed by atoms with E-state index in [2.05, 4.69) is 52.0 Å². The maximum absolute atomic E-state index is 5.88. The molecule has 0 N–H and O–H groups in total. The topological polar surface area (TPSA) is 58.5 Å². The van der Waals surface area contributed by atoms with Crippen LogP contribution in [0.15, 0.2) is 33.1 Å². The Morgan fingerprint density at radius 2 is 1.74 bits per heavy atom. The van der Waals surface area contributed by atoms with Crippen LogP contribution in [0, 0.1) is 27.7 Å². The number of nitrogens with zero attached hydrogens (tertiary/aromatic N) is 4. The molecule has 0 unspecified atom stereocenters. The fraction of sp³-hybridized carbons (Fsp3) is 0.429. The molecule has 0 aliphatic carbocycles. The number of furan rings is 1. The van der Waals surface area contributed by atoms with E-state index in [0.717, 1.165) is 43.3 Å². The van der Waals surface area contributed by atoms with Gasteiger partial charge >= 0.3 is 0 Å². The lowest BCUT2D eigenvalue weighted by atomic mass is 10.1. The summed E-state index contributed by atoms with van der Waals surface area (Å²) in [7, 11) is 0. The molecule has 4 rings (SSSR count). The quantitative estimate of drug-likeness (QED) is 0.698. The average molecular weight is 366 g/mol. The van der Waals surface area contributed by atoms with Crippen molar-refractivity contribution in [3.05, 3.63) is 52.8 Å². The maximum atomic E-state index is 5.88. The minimum absolute atomic E-state index is 0.536. The minimum atomic E-state index is 0.536. The Morgan fingerprint density at radius 1 is 0.963 bits per heavy atom. The fourth-order valence-electron chi connectivity index (χ4n) is 3.69. The minimum Gasteiger partial charge on any atom is -0.466 e. The molecule has 1 fully saturated rings. The first-order valence-corrected chi connectivity index (χ1v) is 9.44. The molecule has 27 heavy (non-hydrogen) atoms. The van der Waals surface area contributed by atoms with Gasteiger partial charge in [-0.2, -0.15) is 0 Å². The van der Waals surface area contributed by atoms with Gasteiger partial charge in [0, 0.05) is 31.9 Å². The summed E-state index contributed by atoms with van der Waals surface area (Å²) in [6.07, 6.45) is 0. The Labute approximate surface area is 159 Å². The highest BCUT2D eigenvalue weighted by Gasteiger charge is 2.21. The first-order chi connectivity index (χ1) is 13.0. The molecule has 1 saturated heterocycles. The SMILES string of the molecule is Cc1cc(-c2nnc(CN3CCN(c4cccc(C)c4C)CC3)o2)c(C)o1. The third-order valence-corrected chi connectivity index (χ3v) is 5.39. The van der Waals surface area contributed by atoms with E-state index in [1.54, 1.807) is 0 Å². The molecule has 2 aromatic heterocycles. The molecular formula is C21H26N4O2. The van der Waals surface area contributed by atoms with Crippen LogP contribution in [-0.2, 0) is 6.54 Å². The normalized spacial score (nSPS) is 15.5. The molecule has 1 aliphatic heterocycles. The van der Waals surface area contributed by atoms with Crippen LogP contribution in [0.4, 0.5) is 5.69 Å². The van der Waals surface area contributed by atoms with E-state index in [0.29, 0.717) is 18.3 Å². The van der Waals surface area contributed by atoms with Gasteiger partial charge in [-0.05, 0) is 51.0 Å². The van der Waals surface area contributed by atoms with E-state index < -0.39 is 0 Å². The van der Waals surface area contributed by atoms with Gasteiger partial charge in [0.1, 0.15) is 11.5 Å². The molecule has 1 aliphatic rings. The maximum Gasteiger partial charge on any atom is 0.251 e. The molecule has 0 bridgehead atoms. The molecule has 1 aromatic carbocycles. The molecule has 142 valence electrons. The molecule has 0 radical (unpaired) electrons. The van der Waals surface area contributed by atoms with E-state index in [4.69, 9.17) is 8.83 Å². The molecule has 6 nitrogen and oxygen atoms in total. The summed E-state index contributed by atoms with van der Waals surface area (Å²) in [5.41, 5.74) is 4.95. The molecule has 0 saturated carbocycles. The van der Waals surface area contributed by atoms with Gasteiger partial charge in [0.05, 0.1) is 12.1 Å². The molecule has 0 spiro atoms. The smallest absolute Gasteiger partial charge is 0.251 e. The lowest BCUT2D eigenvalue weighted by Gasteiger charge is -2.36. The zero-order valence-electron chi connectivity index (χ0n) is 16.5. The summed E-state index contributed by atoms with van der Waals surface area (Å²) >= 11 is 0. The average Bonchev–Trinajstić information content (AvgIpc) is 3.24. The number of aromatic nitrogens is 2. The zero-order chi connectivity index (χ0) is 19.0. The van der Waals surface area contributed by atoms with Crippen molar-refractivity contribution >= 4 is 5.69 Å².